The van der Waals surface area contributed by atoms with E-state index in [1.165, 1.54) is 18.2 Å². The Morgan fingerprint density at radius 3 is 2.57 bits per heavy atom. The van der Waals surface area contributed by atoms with Gasteiger partial charge in [0.1, 0.15) is 0 Å². The zero-order valence-electron chi connectivity index (χ0n) is 6.66. The standard InChI is InChI=1S/C6H5ClNO5P/c7-14(11,12)13-6-4-2-1-3-5(6)8(9)10/h1-4H,(H,11,12). The van der Waals surface area contributed by atoms with Crippen LogP contribution < -0.4 is 4.52 Å². The molecule has 0 aliphatic heterocycles. The summed E-state index contributed by atoms with van der Waals surface area (Å²) >= 11 is 4.91. The average molecular weight is 238 g/mol. The number of benzene rings is 1. The van der Waals surface area contributed by atoms with Crippen molar-refractivity contribution in [2.24, 2.45) is 0 Å². The minimum Gasteiger partial charge on any atom is -0.406 e. The van der Waals surface area contributed by atoms with E-state index in [4.69, 9.17) is 16.1 Å². The molecule has 1 atom stereocenters. The van der Waals surface area contributed by atoms with Gasteiger partial charge in [0, 0.05) is 17.3 Å². The molecule has 1 aromatic rings. The van der Waals surface area contributed by atoms with Gasteiger partial charge in [0.05, 0.1) is 4.92 Å². The molecule has 1 aromatic carbocycles. The van der Waals surface area contributed by atoms with E-state index < -0.39 is 17.6 Å². The van der Waals surface area contributed by atoms with Crippen LogP contribution in [0.25, 0.3) is 0 Å². The van der Waals surface area contributed by atoms with Gasteiger partial charge in [0.2, 0.25) is 5.75 Å². The lowest BCUT2D eigenvalue weighted by atomic mass is 10.3. The van der Waals surface area contributed by atoms with E-state index in [-0.39, 0.29) is 5.75 Å². The van der Waals surface area contributed by atoms with Gasteiger partial charge >= 0.3 is 12.6 Å². The molecule has 0 fully saturated rings. The van der Waals surface area contributed by atoms with Gasteiger partial charge in [0.25, 0.3) is 0 Å². The van der Waals surface area contributed by atoms with Crippen LogP contribution in [0.4, 0.5) is 5.69 Å². The second-order valence-corrected chi connectivity index (χ2v) is 4.63. The molecule has 8 heteroatoms. The third-order valence-electron chi connectivity index (χ3n) is 1.27. The first kappa shape index (κ1) is 11.0. The van der Waals surface area contributed by atoms with E-state index in [0.717, 1.165) is 6.07 Å². The van der Waals surface area contributed by atoms with E-state index in [2.05, 4.69) is 4.52 Å². The Labute approximate surface area is 83.6 Å². The topological polar surface area (TPSA) is 89.7 Å². The van der Waals surface area contributed by atoms with Crippen molar-refractivity contribution in [1.29, 1.82) is 0 Å². The van der Waals surface area contributed by atoms with Crippen LogP contribution in [0.3, 0.4) is 0 Å². The fourth-order valence-corrected chi connectivity index (χ4v) is 1.43. The smallest absolute Gasteiger partial charge is 0.406 e. The third-order valence-corrected chi connectivity index (χ3v) is 1.90. The summed E-state index contributed by atoms with van der Waals surface area (Å²) < 4.78 is 15.0. The van der Waals surface area contributed by atoms with E-state index in [1.54, 1.807) is 0 Å². The predicted octanol–water partition coefficient (Wildman–Crippen LogP) is 2.31. The number of para-hydroxylation sites is 2. The van der Waals surface area contributed by atoms with Crippen molar-refractivity contribution < 1.29 is 18.9 Å². The van der Waals surface area contributed by atoms with Crippen LogP contribution in [0.5, 0.6) is 5.75 Å². The fourth-order valence-electron chi connectivity index (χ4n) is 0.806. The largest absolute Gasteiger partial charge is 0.474 e. The maximum atomic E-state index is 10.6. The predicted molar refractivity (Wildman–Crippen MR) is 49.4 cm³/mol. The highest BCUT2D eigenvalue weighted by Crippen LogP contribution is 2.49. The van der Waals surface area contributed by atoms with Gasteiger partial charge in [-0.05, 0) is 6.07 Å². The molecule has 0 bridgehead atoms. The van der Waals surface area contributed by atoms with Crippen molar-refractivity contribution in [3.63, 3.8) is 0 Å². The van der Waals surface area contributed by atoms with Crippen LogP contribution in [0.1, 0.15) is 0 Å². The molecule has 76 valence electrons. The van der Waals surface area contributed by atoms with Gasteiger partial charge in [-0.2, -0.15) is 0 Å². The number of nitro benzene ring substituents is 1. The molecule has 0 radical (unpaired) electrons. The average Bonchev–Trinajstić information content (AvgIpc) is 2.01. The van der Waals surface area contributed by atoms with Crippen molar-refractivity contribution >= 4 is 23.9 Å². The molecule has 1 N–H and O–H groups in total. The van der Waals surface area contributed by atoms with E-state index >= 15 is 0 Å². The Morgan fingerprint density at radius 1 is 1.50 bits per heavy atom. The van der Waals surface area contributed by atoms with Crippen molar-refractivity contribution in [2.45, 2.75) is 0 Å². The SMILES string of the molecule is O=[N+]([O-])c1ccccc1OP(=O)(O)Cl. The highest BCUT2D eigenvalue weighted by atomic mass is 35.7. The lowest BCUT2D eigenvalue weighted by molar-refractivity contribution is -0.385. The number of rotatable bonds is 3. The molecule has 0 aliphatic rings. The molecular weight excluding hydrogens is 232 g/mol. The number of nitrogens with zero attached hydrogens (tertiary/aromatic N) is 1. The maximum Gasteiger partial charge on any atom is 0.474 e. The number of halogens is 1. The summed E-state index contributed by atoms with van der Waals surface area (Å²) in [5.74, 6) is -0.335. The van der Waals surface area contributed by atoms with Gasteiger partial charge in [-0.3, -0.25) is 10.1 Å². The molecule has 0 aromatic heterocycles. The molecule has 0 spiro atoms. The zero-order chi connectivity index (χ0) is 10.8. The monoisotopic (exact) mass is 237 g/mol. The third kappa shape index (κ3) is 2.99. The summed E-state index contributed by atoms with van der Waals surface area (Å²) in [5.41, 5.74) is -0.414. The molecule has 0 saturated carbocycles. The Kier molecular flexibility index (Phi) is 3.10. The Bertz CT molecular complexity index is 403. The lowest BCUT2D eigenvalue weighted by Crippen LogP contribution is -1.93. The first-order valence-electron chi connectivity index (χ1n) is 3.35. The van der Waals surface area contributed by atoms with E-state index in [1.807, 2.05) is 0 Å². The van der Waals surface area contributed by atoms with Crippen LogP contribution in [0.15, 0.2) is 24.3 Å². The van der Waals surface area contributed by atoms with E-state index in [0.29, 0.717) is 0 Å². The normalized spacial score (nSPS) is 14.4. The second-order valence-electron chi connectivity index (χ2n) is 2.27. The summed E-state index contributed by atoms with van der Waals surface area (Å²) in [6.45, 7) is -4.29. The van der Waals surface area contributed by atoms with Crippen LogP contribution in [-0.4, -0.2) is 9.82 Å². The summed E-state index contributed by atoms with van der Waals surface area (Å²) in [6, 6.07) is 5.15. The fraction of sp³-hybridized carbons (Fsp3) is 0. The number of hydrogen-bond donors (Lipinski definition) is 1. The molecule has 0 amide bonds. The summed E-state index contributed by atoms with van der Waals surface area (Å²) in [7, 11) is 0. The quantitative estimate of drug-likeness (QED) is 0.495. The Morgan fingerprint density at radius 2 is 2.07 bits per heavy atom. The number of hydrogen-bond acceptors (Lipinski definition) is 4. The van der Waals surface area contributed by atoms with Crippen molar-refractivity contribution in [3.05, 3.63) is 34.4 Å². The molecule has 6 nitrogen and oxygen atoms in total. The molecule has 1 rings (SSSR count). The molecular formula is C6H5ClNO5P. The summed E-state index contributed by atoms with van der Waals surface area (Å²) in [5, 5.41) is 10.4. The highest BCUT2D eigenvalue weighted by molar-refractivity contribution is 7.80. The van der Waals surface area contributed by atoms with Crippen LogP contribution in [0.2, 0.25) is 0 Å². The van der Waals surface area contributed by atoms with Gasteiger partial charge in [-0.15, -0.1) is 0 Å². The lowest BCUT2D eigenvalue weighted by Gasteiger charge is -2.05. The van der Waals surface area contributed by atoms with Crippen molar-refractivity contribution in [3.8, 4) is 5.75 Å². The Balaban J connectivity index is 3.08. The molecule has 0 heterocycles. The van der Waals surface area contributed by atoms with Gasteiger partial charge < -0.3 is 9.42 Å². The van der Waals surface area contributed by atoms with Crippen molar-refractivity contribution in [1.82, 2.24) is 0 Å². The second kappa shape index (κ2) is 3.96. The van der Waals surface area contributed by atoms with Crippen LogP contribution >= 0.6 is 18.2 Å². The van der Waals surface area contributed by atoms with Crippen LogP contribution in [0, 0.1) is 10.1 Å². The molecule has 14 heavy (non-hydrogen) atoms. The minimum atomic E-state index is -4.29. The number of nitro groups is 1. The summed E-state index contributed by atoms with van der Waals surface area (Å²) in [4.78, 5) is 18.3. The van der Waals surface area contributed by atoms with Crippen molar-refractivity contribution in [2.75, 3.05) is 0 Å². The van der Waals surface area contributed by atoms with E-state index in [9.17, 15) is 14.7 Å². The maximum absolute atomic E-state index is 10.6. The van der Waals surface area contributed by atoms with Gasteiger partial charge in [0.15, 0.2) is 0 Å². The molecule has 1 unspecified atom stereocenters. The van der Waals surface area contributed by atoms with Crippen LogP contribution in [-0.2, 0) is 4.57 Å². The first-order valence-corrected chi connectivity index (χ1v) is 5.84. The highest BCUT2D eigenvalue weighted by Gasteiger charge is 2.22. The molecule has 0 aliphatic carbocycles. The van der Waals surface area contributed by atoms with Gasteiger partial charge in [-0.25, -0.2) is 4.57 Å². The molecule has 0 saturated heterocycles. The minimum absolute atomic E-state index is 0.335. The van der Waals surface area contributed by atoms with Gasteiger partial charge in [-0.1, -0.05) is 12.1 Å². The Hall–Kier alpha value is -1.10. The summed E-state index contributed by atoms with van der Waals surface area (Å²) in [6.07, 6.45) is 0. The first-order chi connectivity index (χ1) is 6.40. The zero-order valence-corrected chi connectivity index (χ0v) is 8.31.